The molecule has 0 spiro atoms. The largest absolute Gasteiger partial charge is 0.416 e. The van der Waals surface area contributed by atoms with Gasteiger partial charge in [0.25, 0.3) is 11.4 Å². The summed E-state index contributed by atoms with van der Waals surface area (Å²) in [7, 11) is 2.98. The summed E-state index contributed by atoms with van der Waals surface area (Å²) in [6.45, 7) is 3.68. The fourth-order valence-corrected chi connectivity index (χ4v) is 2.55. The van der Waals surface area contributed by atoms with Crippen molar-refractivity contribution in [2.45, 2.75) is 13.8 Å². The van der Waals surface area contributed by atoms with Gasteiger partial charge in [-0.05, 0) is 19.1 Å². The highest BCUT2D eigenvalue weighted by Crippen LogP contribution is 2.16. The Bertz CT molecular complexity index is 857. The Kier molecular flexibility index (Phi) is 5.30. The van der Waals surface area contributed by atoms with Crippen molar-refractivity contribution >= 4 is 22.7 Å². The number of Topliss-reactive ketones (excluding diaryl/α,β-unsaturated/α-hetero) is 1. The van der Waals surface area contributed by atoms with Gasteiger partial charge >= 0.3 is 5.69 Å². The van der Waals surface area contributed by atoms with Crippen molar-refractivity contribution in [1.29, 1.82) is 0 Å². The van der Waals surface area contributed by atoms with Crippen LogP contribution in [-0.2, 0) is 4.74 Å². The molecule has 0 aliphatic carbocycles. The van der Waals surface area contributed by atoms with Crippen molar-refractivity contribution in [2.24, 2.45) is 0 Å². The number of carbonyl (C=O) groups is 2. The zero-order valence-corrected chi connectivity index (χ0v) is 14.1. The average Bonchev–Trinajstić information content (AvgIpc) is 2.55. The second-order valence-corrected chi connectivity index (χ2v) is 5.21. The number of benzene rings is 1. The van der Waals surface area contributed by atoms with Crippen molar-refractivity contribution in [1.82, 2.24) is 10.0 Å². The van der Waals surface area contributed by atoms with E-state index in [4.69, 9.17) is 9.57 Å². The van der Waals surface area contributed by atoms with E-state index in [-0.39, 0.29) is 22.9 Å². The number of methoxy groups -OCH3 is 1. The third kappa shape index (κ3) is 3.13. The first-order valence-corrected chi connectivity index (χ1v) is 7.36. The molecule has 2 aromatic rings. The van der Waals surface area contributed by atoms with Gasteiger partial charge in [-0.3, -0.25) is 9.59 Å². The van der Waals surface area contributed by atoms with Gasteiger partial charge in [-0.1, -0.05) is 0 Å². The standard InChI is InChI=1S/C16H19N3O5/c1-10-15(11(2)20)18(22)14-9-12(16(21)17-7-8-23-3)5-6-13(14)19(10)24-4/h5-6,9H,7-8H2,1-4H3/p+1. The minimum absolute atomic E-state index is 0.0266. The molecule has 1 aromatic heterocycles. The molecule has 0 bridgehead atoms. The van der Waals surface area contributed by atoms with Gasteiger partial charge in [-0.2, -0.15) is 4.73 Å². The number of amides is 1. The van der Waals surface area contributed by atoms with Crippen LogP contribution in [0.4, 0.5) is 0 Å². The number of rotatable bonds is 6. The molecule has 0 fully saturated rings. The van der Waals surface area contributed by atoms with E-state index in [9.17, 15) is 14.5 Å². The molecule has 1 aromatic carbocycles. The fourth-order valence-electron chi connectivity index (χ4n) is 2.55. The van der Waals surface area contributed by atoms with Crippen LogP contribution in [0, 0.1) is 11.8 Å². The van der Waals surface area contributed by atoms with Gasteiger partial charge in [0, 0.05) is 37.1 Å². The molecule has 128 valence electrons. The summed E-state index contributed by atoms with van der Waals surface area (Å²) >= 11 is 0. The molecule has 1 heterocycles. The van der Waals surface area contributed by atoms with E-state index in [1.807, 2.05) is 0 Å². The molecule has 24 heavy (non-hydrogen) atoms. The second-order valence-electron chi connectivity index (χ2n) is 5.21. The van der Waals surface area contributed by atoms with Gasteiger partial charge in [0.15, 0.2) is 5.52 Å². The summed E-state index contributed by atoms with van der Waals surface area (Å²) in [6, 6.07) is 4.63. The van der Waals surface area contributed by atoms with E-state index in [0.717, 1.165) is 0 Å². The monoisotopic (exact) mass is 334 g/mol. The summed E-state index contributed by atoms with van der Waals surface area (Å²) in [4.78, 5) is 41.8. The molecule has 0 saturated carbocycles. The lowest BCUT2D eigenvalue weighted by Gasteiger charge is -2.11. The summed E-state index contributed by atoms with van der Waals surface area (Å²) in [5.41, 5.74) is 1.31. The third-order valence-corrected chi connectivity index (χ3v) is 3.63. The highest BCUT2D eigenvalue weighted by atomic mass is 16.6. The number of fused-ring (bicyclic) bond motifs is 1. The summed E-state index contributed by atoms with van der Waals surface area (Å²) in [5.74, 6) is -0.715. The Hall–Kier alpha value is -2.74. The van der Waals surface area contributed by atoms with Crippen molar-refractivity contribution in [2.75, 3.05) is 27.4 Å². The number of aromatic nitrogens is 2. The molecule has 0 aliphatic rings. The van der Waals surface area contributed by atoms with E-state index in [1.165, 1.54) is 31.9 Å². The van der Waals surface area contributed by atoms with Crippen molar-refractivity contribution in [3.63, 3.8) is 0 Å². The minimum atomic E-state index is -0.384. The van der Waals surface area contributed by atoms with Crippen molar-refractivity contribution in [3.05, 3.63) is 40.1 Å². The lowest BCUT2D eigenvalue weighted by molar-refractivity contribution is -0.468. The Balaban J connectivity index is 2.61. The van der Waals surface area contributed by atoms with Gasteiger partial charge in [-0.15, -0.1) is 0 Å². The predicted octanol–water partition coefficient (Wildman–Crippen LogP) is 0.501. The molecule has 0 radical (unpaired) electrons. The van der Waals surface area contributed by atoms with Crippen LogP contribution in [0.5, 0.6) is 0 Å². The summed E-state index contributed by atoms with van der Waals surface area (Å²) in [6.07, 6.45) is 0. The lowest BCUT2D eigenvalue weighted by atomic mass is 10.1. The van der Waals surface area contributed by atoms with Crippen LogP contribution in [-0.4, -0.2) is 43.8 Å². The topological polar surface area (TPSA) is 92.5 Å². The van der Waals surface area contributed by atoms with Crippen LogP contribution in [0.15, 0.2) is 18.2 Å². The molecular formula is C16H20N3O5+. The van der Waals surface area contributed by atoms with Gasteiger partial charge in [0.05, 0.1) is 11.0 Å². The first kappa shape index (κ1) is 17.6. The summed E-state index contributed by atoms with van der Waals surface area (Å²) < 4.78 is 6.81. The van der Waals surface area contributed by atoms with E-state index < -0.39 is 0 Å². The first-order valence-electron chi connectivity index (χ1n) is 7.36. The minimum Gasteiger partial charge on any atom is -0.416 e. The number of nitrogens with one attached hydrogen (secondary N) is 1. The number of nitrogens with zero attached hydrogens (tertiary/aromatic N) is 2. The van der Waals surface area contributed by atoms with Gasteiger partial charge in [0.1, 0.15) is 12.8 Å². The molecular weight excluding hydrogens is 314 g/mol. The van der Waals surface area contributed by atoms with E-state index >= 15 is 0 Å². The normalized spacial score (nSPS) is 10.7. The van der Waals surface area contributed by atoms with Crippen LogP contribution >= 0.6 is 0 Å². The zero-order chi connectivity index (χ0) is 17.9. The number of hydrogen-bond donors (Lipinski definition) is 1. The van der Waals surface area contributed by atoms with Gasteiger partial charge < -0.3 is 14.9 Å². The summed E-state index contributed by atoms with van der Waals surface area (Å²) in [5, 5.41) is 2.68. The maximum atomic E-state index is 12.6. The first-order chi connectivity index (χ1) is 11.4. The van der Waals surface area contributed by atoms with Crippen LogP contribution in [0.2, 0.25) is 0 Å². The maximum absolute atomic E-state index is 12.6. The lowest BCUT2D eigenvalue weighted by Crippen LogP contribution is -2.32. The average molecular weight is 334 g/mol. The Morgan fingerprint density at radius 2 is 2.00 bits per heavy atom. The quantitative estimate of drug-likeness (QED) is 0.472. The molecule has 0 atom stereocenters. The molecule has 1 amide bonds. The molecule has 2 rings (SSSR count). The third-order valence-electron chi connectivity index (χ3n) is 3.63. The number of ether oxygens (including phenoxy) is 1. The molecule has 0 aliphatic heterocycles. The Morgan fingerprint density at radius 3 is 2.58 bits per heavy atom. The second kappa shape index (κ2) is 7.22. The predicted molar refractivity (Wildman–Crippen MR) is 86.8 cm³/mol. The van der Waals surface area contributed by atoms with Gasteiger partial charge in [-0.25, -0.2) is 0 Å². The molecule has 1 N–H and O–H groups in total. The number of ketones is 1. The van der Waals surface area contributed by atoms with Crippen LogP contribution in [0.3, 0.4) is 0 Å². The van der Waals surface area contributed by atoms with Crippen LogP contribution < -0.4 is 14.6 Å². The van der Waals surface area contributed by atoms with Crippen LogP contribution in [0.25, 0.3) is 11.0 Å². The zero-order valence-electron chi connectivity index (χ0n) is 14.1. The van der Waals surface area contributed by atoms with E-state index in [2.05, 4.69) is 5.32 Å². The maximum Gasteiger partial charge on any atom is 0.328 e. The van der Waals surface area contributed by atoms with Crippen molar-refractivity contribution < 1.29 is 23.6 Å². The molecule has 8 heteroatoms. The Morgan fingerprint density at radius 1 is 1.29 bits per heavy atom. The SMILES string of the molecule is COCCNC(=O)c1ccc2c(c1)[n+](=O)c(C(C)=O)c(C)n2OC. The van der Waals surface area contributed by atoms with Crippen molar-refractivity contribution in [3.8, 4) is 0 Å². The number of carbonyl (C=O) groups excluding carboxylic acids is 2. The highest BCUT2D eigenvalue weighted by molar-refractivity contribution is 5.97. The number of hydrogen-bond acceptors (Lipinski definition) is 5. The molecule has 0 unspecified atom stereocenters. The fraction of sp³-hybridized carbons (Fsp3) is 0.375. The van der Waals surface area contributed by atoms with E-state index in [0.29, 0.717) is 34.4 Å². The molecule has 8 nitrogen and oxygen atoms in total. The smallest absolute Gasteiger partial charge is 0.328 e. The molecule has 0 saturated heterocycles. The Labute approximate surface area is 138 Å². The van der Waals surface area contributed by atoms with Gasteiger partial charge in [0.2, 0.25) is 5.78 Å². The van der Waals surface area contributed by atoms with Crippen LogP contribution in [0.1, 0.15) is 33.5 Å². The highest BCUT2D eigenvalue weighted by Gasteiger charge is 2.27. The van der Waals surface area contributed by atoms with E-state index in [1.54, 1.807) is 19.1 Å².